The van der Waals surface area contributed by atoms with E-state index in [2.05, 4.69) is 13.8 Å². The number of unbranched alkanes of at least 4 members (excludes halogenated alkanes) is 2. The van der Waals surface area contributed by atoms with E-state index >= 15 is 0 Å². The predicted molar refractivity (Wildman–Crippen MR) is 43.6 cm³/mol. The van der Waals surface area contributed by atoms with Gasteiger partial charge in [-0.15, -0.1) is 0 Å². The third-order valence-electron chi connectivity index (χ3n) is 1.64. The maximum Gasteiger partial charge on any atom is 0.100 e. The first-order chi connectivity index (χ1) is 4.81. The lowest BCUT2D eigenvalue weighted by Crippen LogP contribution is -1.98. The number of hydrogen-bond donors (Lipinski definition) is 0. The van der Waals surface area contributed by atoms with Gasteiger partial charge in [-0.1, -0.05) is 39.5 Å². The van der Waals surface area contributed by atoms with Gasteiger partial charge >= 0.3 is 0 Å². The molecular weight excluding hydrogens is 127 g/mol. The Morgan fingerprint density at radius 3 is 2.40 bits per heavy atom. The maximum atomic E-state index is 12.7. The van der Waals surface area contributed by atoms with Gasteiger partial charge in [0, 0.05) is 0 Å². The zero-order valence-electron chi connectivity index (χ0n) is 6.91. The SMILES string of the molecule is [CH2]CCCC(F)CCCC. The van der Waals surface area contributed by atoms with E-state index in [0.29, 0.717) is 6.42 Å². The van der Waals surface area contributed by atoms with Gasteiger partial charge in [-0.2, -0.15) is 0 Å². The van der Waals surface area contributed by atoms with Crippen LogP contribution in [0.2, 0.25) is 0 Å². The summed E-state index contributed by atoms with van der Waals surface area (Å²) in [6.07, 6.45) is 4.82. The lowest BCUT2D eigenvalue weighted by molar-refractivity contribution is 0.285. The van der Waals surface area contributed by atoms with Crippen LogP contribution in [0.3, 0.4) is 0 Å². The van der Waals surface area contributed by atoms with Gasteiger partial charge in [0.15, 0.2) is 0 Å². The molecule has 0 saturated carbocycles. The maximum absolute atomic E-state index is 12.7. The summed E-state index contributed by atoms with van der Waals surface area (Å²) in [5.41, 5.74) is 0. The Kier molecular flexibility index (Phi) is 6.99. The highest BCUT2D eigenvalue weighted by Gasteiger charge is 2.03. The summed E-state index contributed by atoms with van der Waals surface area (Å²) in [5, 5.41) is 0. The fourth-order valence-corrected chi connectivity index (χ4v) is 0.936. The lowest BCUT2D eigenvalue weighted by Gasteiger charge is -2.04. The summed E-state index contributed by atoms with van der Waals surface area (Å²) in [5.74, 6) is 0. The summed E-state index contributed by atoms with van der Waals surface area (Å²) in [6.45, 7) is 5.76. The highest BCUT2D eigenvalue weighted by molar-refractivity contribution is 4.56. The smallest absolute Gasteiger partial charge is 0.100 e. The molecule has 0 fully saturated rings. The minimum Gasteiger partial charge on any atom is -0.247 e. The molecule has 0 spiro atoms. The summed E-state index contributed by atoms with van der Waals surface area (Å²) in [7, 11) is 0. The summed E-state index contributed by atoms with van der Waals surface area (Å²) < 4.78 is 12.7. The summed E-state index contributed by atoms with van der Waals surface area (Å²) >= 11 is 0. The van der Waals surface area contributed by atoms with Crippen molar-refractivity contribution in [1.29, 1.82) is 0 Å². The molecule has 1 heteroatoms. The van der Waals surface area contributed by atoms with Crippen LogP contribution in [0.25, 0.3) is 0 Å². The van der Waals surface area contributed by atoms with Crippen molar-refractivity contribution in [3.63, 3.8) is 0 Å². The number of halogens is 1. The van der Waals surface area contributed by atoms with Crippen molar-refractivity contribution in [2.75, 3.05) is 0 Å². The molecule has 0 nitrogen and oxygen atoms in total. The van der Waals surface area contributed by atoms with Gasteiger partial charge in [-0.05, 0) is 12.8 Å². The first kappa shape index (κ1) is 9.93. The Bertz CT molecular complexity index is 53.7. The highest BCUT2D eigenvalue weighted by Crippen LogP contribution is 2.11. The van der Waals surface area contributed by atoms with E-state index in [4.69, 9.17) is 0 Å². The molecule has 10 heavy (non-hydrogen) atoms. The molecule has 1 radical (unpaired) electrons. The van der Waals surface area contributed by atoms with Crippen LogP contribution in [-0.2, 0) is 0 Å². The molecule has 0 saturated heterocycles. The topological polar surface area (TPSA) is 0 Å². The Balaban J connectivity index is 3.00. The molecule has 0 aromatic carbocycles. The van der Waals surface area contributed by atoms with Gasteiger partial charge in [0.2, 0.25) is 0 Å². The average Bonchev–Trinajstić information content (AvgIpc) is 1.97. The normalized spacial score (nSPS) is 10.8. The van der Waals surface area contributed by atoms with Gasteiger partial charge in [0.25, 0.3) is 0 Å². The third kappa shape index (κ3) is 6.06. The zero-order chi connectivity index (χ0) is 7.82. The minimum absolute atomic E-state index is 0.568. The molecule has 1 unspecified atom stereocenters. The monoisotopic (exact) mass is 145 g/mol. The standard InChI is InChI=1S/C9H18F/c1-3-5-7-9(10)8-6-4-2/h9H,1,3-8H2,2H3. The van der Waals surface area contributed by atoms with Gasteiger partial charge in [-0.25, -0.2) is 4.39 Å². The van der Waals surface area contributed by atoms with Crippen LogP contribution in [0.4, 0.5) is 4.39 Å². The molecule has 0 heterocycles. The third-order valence-corrected chi connectivity index (χ3v) is 1.64. The van der Waals surface area contributed by atoms with Gasteiger partial charge in [0.1, 0.15) is 6.17 Å². The van der Waals surface area contributed by atoms with Crippen LogP contribution in [0.1, 0.15) is 45.4 Å². The molecule has 61 valence electrons. The Labute approximate surface area is 63.8 Å². The molecule has 0 N–H and O–H groups in total. The number of hydrogen-bond acceptors (Lipinski definition) is 0. The Morgan fingerprint density at radius 1 is 1.30 bits per heavy atom. The average molecular weight is 145 g/mol. The van der Waals surface area contributed by atoms with E-state index in [0.717, 1.165) is 32.1 Å². The van der Waals surface area contributed by atoms with Crippen LogP contribution in [0, 0.1) is 6.92 Å². The summed E-state index contributed by atoms with van der Waals surface area (Å²) in [6, 6.07) is 0. The van der Waals surface area contributed by atoms with Crippen molar-refractivity contribution in [2.24, 2.45) is 0 Å². The fraction of sp³-hybridized carbons (Fsp3) is 0.889. The molecule has 0 aliphatic heterocycles. The Hall–Kier alpha value is -0.0700. The molecule has 0 aliphatic carbocycles. The second-order valence-electron chi connectivity index (χ2n) is 2.74. The van der Waals surface area contributed by atoms with Gasteiger partial charge in [-0.3, -0.25) is 0 Å². The van der Waals surface area contributed by atoms with E-state index < -0.39 is 6.17 Å². The highest BCUT2D eigenvalue weighted by atomic mass is 19.1. The zero-order valence-corrected chi connectivity index (χ0v) is 6.91. The van der Waals surface area contributed by atoms with Gasteiger partial charge < -0.3 is 0 Å². The largest absolute Gasteiger partial charge is 0.247 e. The Morgan fingerprint density at radius 2 is 1.90 bits per heavy atom. The molecule has 0 aliphatic rings. The molecule has 1 atom stereocenters. The fourth-order valence-electron chi connectivity index (χ4n) is 0.936. The van der Waals surface area contributed by atoms with Crippen molar-refractivity contribution in [2.45, 2.75) is 51.6 Å². The van der Waals surface area contributed by atoms with E-state index in [9.17, 15) is 4.39 Å². The van der Waals surface area contributed by atoms with E-state index in [1.165, 1.54) is 0 Å². The predicted octanol–water partition coefficient (Wildman–Crippen LogP) is 3.52. The van der Waals surface area contributed by atoms with Crippen molar-refractivity contribution >= 4 is 0 Å². The van der Waals surface area contributed by atoms with E-state index in [-0.39, 0.29) is 0 Å². The van der Waals surface area contributed by atoms with Crippen molar-refractivity contribution in [3.05, 3.63) is 6.92 Å². The van der Waals surface area contributed by atoms with E-state index in [1.807, 2.05) is 0 Å². The molecule has 0 rings (SSSR count). The first-order valence-electron chi connectivity index (χ1n) is 4.24. The number of alkyl halides is 1. The van der Waals surface area contributed by atoms with Crippen molar-refractivity contribution < 1.29 is 4.39 Å². The van der Waals surface area contributed by atoms with Crippen molar-refractivity contribution in [3.8, 4) is 0 Å². The second kappa shape index (κ2) is 7.04. The van der Waals surface area contributed by atoms with Gasteiger partial charge in [0.05, 0.1) is 0 Å². The van der Waals surface area contributed by atoms with Crippen LogP contribution >= 0.6 is 0 Å². The molecule has 0 aromatic rings. The first-order valence-corrected chi connectivity index (χ1v) is 4.24. The van der Waals surface area contributed by atoms with Crippen molar-refractivity contribution in [1.82, 2.24) is 0 Å². The van der Waals surface area contributed by atoms with Crippen LogP contribution in [0.15, 0.2) is 0 Å². The molecule has 0 aromatic heterocycles. The van der Waals surface area contributed by atoms with Crippen LogP contribution in [0.5, 0.6) is 0 Å². The molecular formula is C9H18F. The second-order valence-corrected chi connectivity index (χ2v) is 2.74. The van der Waals surface area contributed by atoms with E-state index in [1.54, 1.807) is 0 Å². The van der Waals surface area contributed by atoms with Crippen LogP contribution < -0.4 is 0 Å². The number of rotatable bonds is 6. The quantitative estimate of drug-likeness (QED) is 0.536. The molecule has 0 amide bonds. The lowest BCUT2D eigenvalue weighted by atomic mass is 10.1. The minimum atomic E-state index is -0.568. The summed E-state index contributed by atoms with van der Waals surface area (Å²) in [4.78, 5) is 0. The molecule has 0 bridgehead atoms. The van der Waals surface area contributed by atoms with Crippen LogP contribution in [-0.4, -0.2) is 6.17 Å².